The van der Waals surface area contributed by atoms with Crippen LogP contribution >= 0.6 is 0 Å². The van der Waals surface area contributed by atoms with Crippen LogP contribution in [-0.2, 0) is 9.53 Å². The second kappa shape index (κ2) is 6.04. The van der Waals surface area contributed by atoms with E-state index in [2.05, 4.69) is 6.92 Å². The molecule has 2 nitrogen and oxygen atoms in total. The Balaban J connectivity index is 3.57. The van der Waals surface area contributed by atoms with Gasteiger partial charge in [0.05, 0.1) is 12.5 Å². The van der Waals surface area contributed by atoms with Gasteiger partial charge in [0.25, 0.3) is 0 Å². The molecular formula is C10H20O2. The molecule has 0 fully saturated rings. The summed E-state index contributed by atoms with van der Waals surface area (Å²) in [6.45, 7) is 8.64. The van der Waals surface area contributed by atoms with Gasteiger partial charge in [-0.2, -0.15) is 0 Å². The van der Waals surface area contributed by atoms with Crippen LogP contribution in [-0.4, -0.2) is 12.6 Å². The molecule has 0 aliphatic rings. The third kappa shape index (κ3) is 4.37. The third-order valence-corrected chi connectivity index (χ3v) is 2.11. The van der Waals surface area contributed by atoms with Gasteiger partial charge in [-0.05, 0) is 12.3 Å². The second-order valence-electron chi connectivity index (χ2n) is 3.55. The first kappa shape index (κ1) is 11.5. The predicted octanol–water partition coefficient (Wildman–Crippen LogP) is 2.62. The van der Waals surface area contributed by atoms with Crippen molar-refractivity contribution in [2.24, 2.45) is 11.8 Å². The zero-order valence-corrected chi connectivity index (χ0v) is 8.59. The summed E-state index contributed by atoms with van der Waals surface area (Å²) in [5.41, 5.74) is 0. The zero-order chi connectivity index (χ0) is 9.56. The Kier molecular flexibility index (Phi) is 5.77. The number of hydrogen-bond acceptors (Lipinski definition) is 2. The largest absolute Gasteiger partial charge is 0.465 e. The van der Waals surface area contributed by atoms with Crippen LogP contribution in [0.5, 0.6) is 0 Å². The molecule has 2 heteroatoms. The molecule has 12 heavy (non-hydrogen) atoms. The van der Waals surface area contributed by atoms with Crippen molar-refractivity contribution in [1.29, 1.82) is 0 Å². The van der Waals surface area contributed by atoms with E-state index < -0.39 is 0 Å². The standard InChI is InChI=1S/C10H20O2/c1-5-6-7-12-10(11)9(4)8(2)3/h8-9H,5-7H2,1-4H3/t9-/m0/s1. The molecule has 0 unspecified atom stereocenters. The molecule has 1 atom stereocenters. The fourth-order valence-electron chi connectivity index (χ4n) is 0.721. The van der Waals surface area contributed by atoms with Crippen molar-refractivity contribution < 1.29 is 9.53 Å². The van der Waals surface area contributed by atoms with E-state index in [1.807, 2.05) is 20.8 Å². The van der Waals surface area contributed by atoms with Gasteiger partial charge < -0.3 is 4.74 Å². The lowest BCUT2D eigenvalue weighted by Gasteiger charge is -2.13. The quantitative estimate of drug-likeness (QED) is 0.470. The highest BCUT2D eigenvalue weighted by atomic mass is 16.5. The number of unbranched alkanes of at least 4 members (excludes halogenated alkanes) is 1. The molecule has 0 saturated heterocycles. The first-order valence-electron chi connectivity index (χ1n) is 4.76. The smallest absolute Gasteiger partial charge is 0.308 e. The highest BCUT2D eigenvalue weighted by molar-refractivity contribution is 5.72. The predicted molar refractivity (Wildman–Crippen MR) is 49.9 cm³/mol. The van der Waals surface area contributed by atoms with Crippen molar-refractivity contribution in [3.63, 3.8) is 0 Å². The van der Waals surface area contributed by atoms with E-state index in [0.29, 0.717) is 12.5 Å². The Bertz CT molecular complexity index is 130. The molecule has 0 radical (unpaired) electrons. The summed E-state index contributed by atoms with van der Waals surface area (Å²) in [6.07, 6.45) is 2.04. The van der Waals surface area contributed by atoms with E-state index in [4.69, 9.17) is 4.74 Å². The molecule has 72 valence electrons. The van der Waals surface area contributed by atoms with Gasteiger partial charge in [0.2, 0.25) is 0 Å². The number of carbonyl (C=O) groups excluding carboxylic acids is 1. The zero-order valence-electron chi connectivity index (χ0n) is 8.59. The maximum atomic E-state index is 11.2. The summed E-state index contributed by atoms with van der Waals surface area (Å²) in [4.78, 5) is 11.2. The van der Waals surface area contributed by atoms with E-state index in [0.717, 1.165) is 12.8 Å². The molecular weight excluding hydrogens is 152 g/mol. The maximum absolute atomic E-state index is 11.2. The van der Waals surface area contributed by atoms with Crippen LogP contribution in [0.1, 0.15) is 40.5 Å². The molecule has 0 aliphatic heterocycles. The van der Waals surface area contributed by atoms with Crippen LogP contribution < -0.4 is 0 Å². The first-order chi connectivity index (χ1) is 5.59. The van der Waals surface area contributed by atoms with Crippen LogP contribution in [0, 0.1) is 11.8 Å². The van der Waals surface area contributed by atoms with E-state index in [-0.39, 0.29) is 11.9 Å². The third-order valence-electron chi connectivity index (χ3n) is 2.11. The minimum absolute atomic E-state index is 0.0295. The normalized spacial score (nSPS) is 13.1. The average Bonchev–Trinajstić information content (AvgIpc) is 2.03. The fraction of sp³-hybridized carbons (Fsp3) is 0.900. The van der Waals surface area contributed by atoms with Crippen molar-refractivity contribution in [2.75, 3.05) is 6.61 Å². The number of carbonyl (C=O) groups is 1. The molecule has 0 aliphatic carbocycles. The van der Waals surface area contributed by atoms with Crippen molar-refractivity contribution >= 4 is 5.97 Å². The van der Waals surface area contributed by atoms with Crippen molar-refractivity contribution in [1.82, 2.24) is 0 Å². The summed E-state index contributed by atoms with van der Waals surface area (Å²) >= 11 is 0. The second-order valence-corrected chi connectivity index (χ2v) is 3.55. The van der Waals surface area contributed by atoms with E-state index in [1.165, 1.54) is 0 Å². The molecule has 0 aromatic carbocycles. The van der Waals surface area contributed by atoms with Crippen LogP contribution in [0.2, 0.25) is 0 Å². The summed E-state index contributed by atoms with van der Waals surface area (Å²) < 4.78 is 5.07. The van der Waals surface area contributed by atoms with Crippen LogP contribution in [0.4, 0.5) is 0 Å². The molecule has 0 heterocycles. The molecule has 0 aromatic rings. The molecule has 0 N–H and O–H groups in total. The van der Waals surface area contributed by atoms with Crippen LogP contribution in [0.25, 0.3) is 0 Å². The molecule has 0 saturated carbocycles. The first-order valence-corrected chi connectivity index (χ1v) is 4.76. The van der Waals surface area contributed by atoms with E-state index in [9.17, 15) is 4.79 Å². The lowest BCUT2D eigenvalue weighted by atomic mass is 9.99. The SMILES string of the molecule is CCCCOC(=O)[C@@H](C)C(C)C. The summed E-state index contributed by atoms with van der Waals surface area (Å²) in [7, 11) is 0. The van der Waals surface area contributed by atoms with Gasteiger partial charge in [-0.15, -0.1) is 0 Å². The topological polar surface area (TPSA) is 26.3 Å². The Morgan fingerprint density at radius 3 is 2.33 bits per heavy atom. The van der Waals surface area contributed by atoms with Gasteiger partial charge in [0.15, 0.2) is 0 Å². The van der Waals surface area contributed by atoms with Crippen molar-refractivity contribution in [3.05, 3.63) is 0 Å². The Hall–Kier alpha value is -0.530. The van der Waals surface area contributed by atoms with Crippen LogP contribution in [0.15, 0.2) is 0 Å². The van der Waals surface area contributed by atoms with Gasteiger partial charge in [-0.1, -0.05) is 34.1 Å². The molecule has 0 aromatic heterocycles. The van der Waals surface area contributed by atoms with Gasteiger partial charge >= 0.3 is 5.97 Å². The maximum Gasteiger partial charge on any atom is 0.308 e. The summed E-state index contributed by atoms with van der Waals surface area (Å²) in [5, 5.41) is 0. The fourth-order valence-corrected chi connectivity index (χ4v) is 0.721. The molecule has 0 amide bonds. The summed E-state index contributed by atoms with van der Waals surface area (Å²) in [6, 6.07) is 0. The van der Waals surface area contributed by atoms with Gasteiger partial charge in [-0.3, -0.25) is 4.79 Å². The number of rotatable bonds is 5. The number of ether oxygens (including phenoxy) is 1. The Morgan fingerprint density at radius 2 is 1.92 bits per heavy atom. The summed E-state index contributed by atoms with van der Waals surface area (Å²) in [5.74, 6) is 0.347. The highest BCUT2D eigenvalue weighted by Gasteiger charge is 2.17. The van der Waals surface area contributed by atoms with Crippen molar-refractivity contribution in [3.8, 4) is 0 Å². The number of hydrogen-bond donors (Lipinski definition) is 0. The Labute approximate surface area is 75.3 Å². The number of esters is 1. The molecule has 0 rings (SSSR count). The van der Waals surface area contributed by atoms with Crippen molar-refractivity contribution in [2.45, 2.75) is 40.5 Å². The highest BCUT2D eigenvalue weighted by Crippen LogP contribution is 2.11. The molecule has 0 spiro atoms. The molecule has 0 bridgehead atoms. The minimum atomic E-state index is -0.0570. The van der Waals surface area contributed by atoms with Gasteiger partial charge in [-0.25, -0.2) is 0 Å². The lowest BCUT2D eigenvalue weighted by molar-refractivity contribution is -0.149. The average molecular weight is 172 g/mol. The van der Waals surface area contributed by atoms with E-state index in [1.54, 1.807) is 0 Å². The van der Waals surface area contributed by atoms with Gasteiger partial charge in [0.1, 0.15) is 0 Å². The monoisotopic (exact) mass is 172 g/mol. The minimum Gasteiger partial charge on any atom is -0.465 e. The van der Waals surface area contributed by atoms with Gasteiger partial charge in [0, 0.05) is 0 Å². The van der Waals surface area contributed by atoms with E-state index >= 15 is 0 Å². The lowest BCUT2D eigenvalue weighted by Crippen LogP contribution is -2.20. The Morgan fingerprint density at radius 1 is 1.33 bits per heavy atom. The van der Waals surface area contributed by atoms with Crippen LogP contribution in [0.3, 0.4) is 0 Å².